The predicted octanol–water partition coefficient (Wildman–Crippen LogP) is 5.43. The normalized spacial score (nSPS) is 13.5. The summed E-state index contributed by atoms with van der Waals surface area (Å²) in [6.07, 6.45) is 1.70. The van der Waals surface area contributed by atoms with Gasteiger partial charge in [0.05, 0.1) is 26.2 Å². The number of ether oxygens (including phenoxy) is 4. The van der Waals surface area contributed by atoms with Gasteiger partial charge < -0.3 is 18.9 Å². The summed E-state index contributed by atoms with van der Waals surface area (Å²) >= 11 is 5.88. The number of Topliss-reactive ketones (excluding diaryl/α,β-unsaturated/α-hetero) is 1. The highest BCUT2D eigenvalue weighted by Crippen LogP contribution is 2.40. The second-order valence-electron chi connectivity index (χ2n) is 7.37. The van der Waals surface area contributed by atoms with E-state index in [0.29, 0.717) is 44.7 Å². The Kier molecular flexibility index (Phi) is 6.38. The number of carbonyl (C=O) groups excluding carboxylic acids is 2. The molecule has 0 atom stereocenters. The summed E-state index contributed by atoms with van der Waals surface area (Å²) in [5, 5.41) is 0.596. The molecular weight excluding hydrogens is 444 g/mol. The Morgan fingerprint density at radius 1 is 1.00 bits per heavy atom. The minimum Gasteiger partial charge on any atom is -0.493 e. The van der Waals surface area contributed by atoms with Crippen LogP contribution in [0, 0.1) is 6.92 Å². The number of allylic oxidation sites excluding steroid dienone is 1. The van der Waals surface area contributed by atoms with Crippen LogP contribution >= 0.6 is 11.6 Å². The molecule has 0 aliphatic carbocycles. The molecule has 3 aromatic carbocycles. The Hall–Kier alpha value is -3.77. The molecule has 3 aromatic rings. The van der Waals surface area contributed by atoms with E-state index in [2.05, 4.69) is 0 Å². The second-order valence-corrected chi connectivity index (χ2v) is 7.80. The molecule has 1 aliphatic heterocycles. The zero-order valence-corrected chi connectivity index (χ0v) is 19.1. The highest BCUT2D eigenvalue weighted by molar-refractivity contribution is 6.30. The van der Waals surface area contributed by atoms with Crippen molar-refractivity contribution in [3.8, 4) is 23.0 Å². The largest absolute Gasteiger partial charge is 0.493 e. The average molecular weight is 465 g/mol. The van der Waals surface area contributed by atoms with E-state index in [0.717, 1.165) is 5.56 Å². The van der Waals surface area contributed by atoms with Gasteiger partial charge in [0.15, 0.2) is 17.3 Å². The maximum atomic E-state index is 12.9. The van der Waals surface area contributed by atoms with Crippen LogP contribution in [0.5, 0.6) is 23.0 Å². The van der Waals surface area contributed by atoms with E-state index in [1.54, 1.807) is 74.7 Å². The standard InChI is InChI=1S/C26H21ClO6/c1-15-20(32-23(28)13-16-7-9-18(27)10-8-16)12-11-19-24(29)22(33-25(15)19)14-17-5-4-6-21(30-2)26(17)31-3/h4-12,14H,13H2,1-3H3/b22-14-. The Bertz CT molecular complexity index is 1260. The summed E-state index contributed by atoms with van der Waals surface area (Å²) in [6.45, 7) is 1.74. The fraction of sp³-hybridized carbons (Fsp3) is 0.154. The van der Waals surface area contributed by atoms with Gasteiger partial charge in [0.2, 0.25) is 5.78 Å². The highest BCUT2D eigenvalue weighted by Gasteiger charge is 2.31. The molecule has 1 aliphatic rings. The molecule has 0 N–H and O–H groups in total. The van der Waals surface area contributed by atoms with Gasteiger partial charge in [0.1, 0.15) is 11.5 Å². The van der Waals surface area contributed by atoms with E-state index in [-0.39, 0.29) is 18.0 Å². The maximum Gasteiger partial charge on any atom is 0.315 e. The van der Waals surface area contributed by atoms with Crippen LogP contribution < -0.4 is 18.9 Å². The van der Waals surface area contributed by atoms with Gasteiger partial charge in [-0.2, -0.15) is 0 Å². The topological polar surface area (TPSA) is 71.1 Å². The molecular formula is C26H21ClO6. The first-order valence-corrected chi connectivity index (χ1v) is 10.5. The van der Waals surface area contributed by atoms with E-state index in [1.807, 2.05) is 0 Å². The van der Waals surface area contributed by atoms with Crippen LogP contribution in [0.1, 0.15) is 27.0 Å². The van der Waals surface area contributed by atoms with Crippen LogP contribution in [0.2, 0.25) is 5.02 Å². The third-order valence-corrected chi connectivity index (χ3v) is 5.49. The molecule has 0 aromatic heterocycles. The van der Waals surface area contributed by atoms with Gasteiger partial charge in [-0.05, 0) is 48.9 Å². The first-order valence-electron chi connectivity index (χ1n) is 10.1. The number of ketones is 1. The van der Waals surface area contributed by atoms with Gasteiger partial charge in [-0.1, -0.05) is 35.9 Å². The smallest absolute Gasteiger partial charge is 0.315 e. The van der Waals surface area contributed by atoms with E-state index >= 15 is 0 Å². The summed E-state index contributed by atoms with van der Waals surface area (Å²) in [5.41, 5.74) is 2.39. The quantitative estimate of drug-likeness (QED) is 0.275. The van der Waals surface area contributed by atoms with Crippen molar-refractivity contribution in [3.05, 3.63) is 87.6 Å². The number of hydrogen-bond donors (Lipinski definition) is 0. The SMILES string of the molecule is COc1cccc(/C=C2\Oc3c(ccc(OC(=O)Cc4ccc(Cl)cc4)c3C)C2=O)c1OC. The van der Waals surface area contributed by atoms with Crippen molar-refractivity contribution in [1.29, 1.82) is 0 Å². The zero-order chi connectivity index (χ0) is 23.5. The Labute approximate surface area is 196 Å². The van der Waals surface area contributed by atoms with Crippen molar-refractivity contribution < 1.29 is 28.5 Å². The lowest BCUT2D eigenvalue weighted by molar-refractivity contribution is -0.133. The molecule has 0 radical (unpaired) electrons. The summed E-state index contributed by atoms with van der Waals surface area (Å²) < 4.78 is 22.2. The van der Waals surface area contributed by atoms with Crippen molar-refractivity contribution in [2.45, 2.75) is 13.3 Å². The number of fused-ring (bicyclic) bond motifs is 1. The summed E-state index contributed by atoms with van der Waals surface area (Å²) in [7, 11) is 3.07. The summed E-state index contributed by atoms with van der Waals surface area (Å²) in [4.78, 5) is 25.3. The molecule has 0 saturated carbocycles. The predicted molar refractivity (Wildman–Crippen MR) is 124 cm³/mol. The lowest BCUT2D eigenvalue weighted by atomic mass is 10.1. The van der Waals surface area contributed by atoms with E-state index in [4.69, 9.17) is 30.5 Å². The van der Waals surface area contributed by atoms with Crippen molar-refractivity contribution in [2.24, 2.45) is 0 Å². The van der Waals surface area contributed by atoms with Crippen molar-refractivity contribution in [3.63, 3.8) is 0 Å². The van der Waals surface area contributed by atoms with Crippen LogP contribution in [0.25, 0.3) is 6.08 Å². The van der Waals surface area contributed by atoms with Gasteiger partial charge in [-0.25, -0.2) is 0 Å². The number of hydrogen-bond acceptors (Lipinski definition) is 6. The van der Waals surface area contributed by atoms with Crippen LogP contribution in [0.4, 0.5) is 0 Å². The molecule has 0 spiro atoms. The average Bonchev–Trinajstić information content (AvgIpc) is 3.13. The van der Waals surface area contributed by atoms with E-state index < -0.39 is 5.97 Å². The Morgan fingerprint density at radius 2 is 1.76 bits per heavy atom. The van der Waals surface area contributed by atoms with Crippen LogP contribution in [-0.4, -0.2) is 26.0 Å². The van der Waals surface area contributed by atoms with Crippen LogP contribution in [0.15, 0.2) is 60.4 Å². The maximum absolute atomic E-state index is 12.9. The second kappa shape index (κ2) is 9.38. The molecule has 1 heterocycles. The number of para-hydroxylation sites is 1. The molecule has 0 amide bonds. The molecule has 0 fully saturated rings. The summed E-state index contributed by atoms with van der Waals surface area (Å²) in [5.74, 6) is 1.18. The van der Waals surface area contributed by atoms with Crippen LogP contribution in [0.3, 0.4) is 0 Å². The third kappa shape index (κ3) is 4.56. The Balaban J connectivity index is 1.57. The van der Waals surface area contributed by atoms with Gasteiger partial charge in [0.25, 0.3) is 0 Å². The molecule has 168 valence electrons. The minimum absolute atomic E-state index is 0.0915. The fourth-order valence-electron chi connectivity index (χ4n) is 3.57. The molecule has 7 heteroatoms. The Morgan fingerprint density at radius 3 is 2.45 bits per heavy atom. The molecule has 0 unspecified atom stereocenters. The number of carbonyl (C=O) groups is 2. The molecule has 4 rings (SSSR count). The highest BCUT2D eigenvalue weighted by atomic mass is 35.5. The number of halogens is 1. The minimum atomic E-state index is -0.429. The first kappa shape index (κ1) is 22.4. The lowest BCUT2D eigenvalue weighted by Crippen LogP contribution is -2.12. The molecule has 33 heavy (non-hydrogen) atoms. The number of benzene rings is 3. The van der Waals surface area contributed by atoms with Crippen molar-refractivity contribution >= 4 is 29.4 Å². The number of rotatable bonds is 6. The molecule has 0 bridgehead atoms. The van der Waals surface area contributed by atoms with Crippen molar-refractivity contribution in [2.75, 3.05) is 14.2 Å². The van der Waals surface area contributed by atoms with E-state index in [9.17, 15) is 9.59 Å². The molecule has 6 nitrogen and oxygen atoms in total. The lowest BCUT2D eigenvalue weighted by Gasteiger charge is -2.11. The zero-order valence-electron chi connectivity index (χ0n) is 18.3. The number of esters is 1. The van der Waals surface area contributed by atoms with E-state index in [1.165, 1.54) is 7.11 Å². The van der Waals surface area contributed by atoms with Gasteiger partial charge >= 0.3 is 5.97 Å². The van der Waals surface area contributed by atoms with Crippen LogP contribution in [-0.2, 0) is 11.2 Å². The third-order valence-electron chi connectivity index (χ3n) is 5.24. The van der Waals surface area contributed by atoms with Gasteiger partial charge in [0, 0.05) is 16.1 Å². The number of methoxy groups -OCH3 is 2. The van der Waals surface area contributed by atoms with Gasteiger partial charge in [-0.15, -0.1) is 0 Å². The fourth-order valence-corrected chi connectivity index (χ4v) is 3.70. The first-order chi connectivity index (χ1) is 15.9. The molecule has 0 saturated heterocycles. The van der Waals surface area contributed by atoms with Crippen molar-refractivity contribution in [1.82, 2.24) is 0 Å². The monoisotopic (exact) mass is 464 g/mol. The van der Waals surface area contributed by atoms with Gasteiger partial charge in [-0.3, -0.25) is 9.59 Å². The summed E-state index contributed by atoms with van der Waals surface area (Å²) in [6, 6.07) is 15.5.